The summed E-state index contributed by atoms with van der Waals surface area (Å²) >= 11 is 0. The molecule has 0 spiro atoms. The molecule has 1 saturated heterocycles. The SMILES string of the molecule is CCC1(c2ccccc2)NC(=O)N(CC(=O)Nc2ccccc2C(=O)NC(C)c2ccccc2)C1=O. The van der Waals surface area contributed by atoms with Gasteiger partial charge in [-0.3, -0.25) is 19.3 Å². The molecule has 3 aromatic carbocycles. The van der Waals surface area contributed by atoms with E-state index < -0.39 is 29.9 Å². The lowest BCUT2D eigenvalue weighted by Crippen LogP contribution is -2.44. The van der Waals surface area contributed by atoms with E-state index in [1.54, 1.807) is 55.5 Å². The van der Waals surface area contributed by atoms with Crippen molar-refractivity contribution in [2.45, 2.75) is 31.8 Å². The van der Waals surface area contributed by atoms with E-state index in [1.165, 1.54) is 0 Å². The number of nitrogens with zero attached hydrogens (tertiary/aromatic N) is 1. The molecule has 1 heterocycles. The number of hydrogen-bond acceptors (Lipinski definition) is 4. The molecule has 0 aromatic heterocycles. The number of nitrogens with one attached hydrogen (secondary N) is 3. The molecule has 36 heavy (non-hydrogen) atoms. The molecule has 1 aliphatic heterocycles. The van der Waals surface area contributed by atoms with Crippen LogP contribution < -0.4 is 16.0 Å². The van der Waals surface area contributed by atoms with Gasteiger partial charge in [0.25, 0.3) is 11.8 Å². The van der Waals surface area contributed by atoms with Gasteiger partial charge in [0.1, 0.15) is 12.1 Å². The number of imide groups is 1. The monoisotopic (exact) mass is 484 g/mol. The van der Waals surface area contributed by atoms with Gasteiger partial charge in [0.15, 0.2) is 0 Å². The van der Waals surface area contributed by atoms with E-state index in [4.69, 9.17) is 0 Å². The topological polar surface area (TPSA) is 108 Å². The highest BCUT2D eigenvalue weighted by molar-refractivity contribution is 6.11. The van der Waals surface area contributed by atoms with Gasteiger partial charge >= 0.3 is 6.03 Å². The molecule has 8 heteroatoms. The summed E-state index contributed by atoms with van der Waals surface area (Å²) in [5, 5.41) is 8.38. The van der Waals surface area contributed by atoms with Gasteiger partial charge in [-0.25, -0.2) is 4.79 Å². The molecule has 8 nitrogen and oxygen atoms in total. The molecule has 4 rings (SSSR count). The molecule has 1 fully saturated rings. The van der Waals surface area contributed by atoms with Gasteiger partial charge in [-0.15, -0.1) is 0 Å². The first kappa shape index (κ1) is 24.7. The number of para-hydroxylation sites is 1. The lowest BCUT2D eigenvalue weighted by Gasteiger charge is -2.25. The van der Waals surface area contributed by atoms with Gasteiger partial charge in [0.2, 0.25) is 5.91 Å². The van der Waals surface area contributed by atoms with Crippen molar-refractivity contribution in [3.8, 4) is 0 Å². The summed E-state index contributed by atoms with van der Waals surface area (Å²) in [5.74, 6) is -1.43. The van der Waals surface area contributed by atoms with Crippen LogP contribution in [0.4, 0.5) is 10.5 Å². The van der Waals surface area contributed by atoms with Crippen molar-refractivity contribution in [2.75, 3.05) is 11.9 Å². The summed E-state index contributed by atoms with van der Waals surface area (Å²) < 4.78 is 0. The van der Waals surface area contributed by atoms with Gasteiger partial charge in [-0.1, -0.05) is 79.7 Å². The predicted molar refractivity (Wildman–Crippen MR) is 136 cm³/mol. The third kappa shape index (κ3) is 4.84. The van der Waals surface area contributed by atoms with Crippen LogP contribution >= 0.6 is 0 Å². The summed E-state index contributed by atoms with van der Waals surface area (Å²) in [6.07, 6.45) is 0.336. The number of urea groups is 1. The number of amides is 5. The van der Waals surface area contributed by atoms with Crippen LogP contribution in [0.25, 0.3) is 0 Å². The van der Waals surface area contributed by atoms with E-state index in [9.17, 15) is 19.2 Å². The number of carbonyl (C=O) groups is 4. The van der Waals surface area contributed by atoms with E-state index in [2.05, 4.69) is 16.0 Å². The molecule has 0 bridgehead atoms. The van der Waals surface area contributed by atoms with Gasteiger partial charge in [-0.05, 0) is 36.6 Å². The quantitative estimate of drug-likeness (QED) is 0.421. The Morgan fingerprint density at radius 3 is 2.19 bits per heavy atom. The van der Waals surface area contributed by atoms with E-state index in [0.717, 1.165) is 10.5 Å². The number of anilines is 1. The Morgan fingerprint density at radius 1 is 0.917 bits per heavy atom. The molecule has 5 amide bonds. The molecule has 0 saturated carbocycles. The molecule has 2 unspecified atom stereocenters. The maximum Gasteiger partial charge on any atom is 0.325 e. The lowest BCUT2D eigenvalue weighted by molar-refractivity contribution is -0.134. The molecule has 0 radical (unpaired) electrons. The van der Waals surface area contributed by atoms with Gasteiger partial charge in [0, 0.05) is 0 Å². The normalized spacial score (nSPS) is 17.9. The second-order valence-corrected chi connectivity index (χ2v) is 8.65. The van der Waals surface area contributed by atoms with Crippen LogP contribution in [0, 0.1) is 0 Å². The zero-order chi connectivity index (χ0) is 25.7. The molecule has 0 aliphatic carbocycles. The van der Waals surface area contributed by atoms with Crippen LogP contribution in [0.2, 0.25) is 0 Å². The van der Waals surface area contributed by atoms with Gasteiger partial charge in [0.05, 0.1) is 17.3 Å². The van der Waals surface area contributed by atoms with E-state index in [1.807, 2.05) is 43.3 Å². The molecule has 3 aromatic rings. The van der Waals surface area contributed by atoms with E-state index in [0.29, 0.717) is 12.0 Å². The number of hydrogen-bond donors (Lipinski definition) is 3. The molecular weight excluding hydrogens is 456 g/mol. The van der Waals surface area contributed by atoms with E-state index >= 15 is 0 Å². The maximum atomic E-state index is 13.3. The standard InChI is InChI=1S/C28H28N4O4/c1-3-28(21-14-8-5-9-15-21)26(35)32(27(36)31-28)18-24(33)30-23-17-11-10-16-22(23)25(34)29-19(2)20-12-6-4-7-13-20/h4-17,19H,3,18H2,1-2H3,(H,29,34)(H,30,33)(H,31,36). The largest absolute Gasteiger partial charge is 0.345 e. The minimum Gasteiger partial charge on any atom is -0.345 e. The van der Waals surface area contributed by atoms with Crippen molar-refractivity contribution in [1.82, 2.24) is 15.5 Å². The highest BCUT2D eigenvalue weighted by Gasteiger charge is 2.51. The fourth-order valence-electron chi connectivity index (χ4n) is 4.35. The first-order valence-corrected chi connectivity index (χ1v) is 11.8. The first-order chi connectivity index (χ1) is 17.4. The average molecular weight is 485 g/mol. The highest BCUT2D eigenvalue weighted by atomic mass is 16.2. The van der Waals surface area contributed by atoms with Crippen molar-refractivity contribution in [3.05, 3.63) is 102 Å². The smallest absolute Gasteiger partial charge is 0.325 e. The van der Waals surface area contributed by atoms with Crippen molar-refractivity contribution >= 4 is 29.4 Å². The molecule has 1 aliphatic rings. The Hall–Kier alpha value is -4.46. The minimum atomic E-state index is -1.22. The molecule has 3 N–H and O–H groups in total. The van der Waals surface area contributed by atoms with Gasteiger partial charge in [-0.2, -0.15) is 0 Å². The zero-order valence-electron chi connectivity index (χ0n) is 20.2. The molecule has 2 atom stereocenters. The van der Waals surface area contributed by atoms with Crippen molar-refractivity contribution in [2.24, 2.45) is 0 Å². The minimum absolute atomic E-state index is 0.242. The number of carbonyl (C=O) groups excluding carboxylic acids is 4. The van der Waals surface area contributed by atoms with Crippen LogP contribution in [0.1, 0.15) is 47.8 Å². The lowest BCUT2D eigenvalue weighted by atomic mass is 9.87. The average Bonchev–Trinajstić information content (AvgIpc) is 3.15. The first-order valence-electron chi connectivity index (χ1n) is 11.8. The summed E-state index contributed by atoms with van der Waals surface area (Å²) in [5.41, 5.74) is 0.950. The Kier molecular flexibility index (Phi) is 7.15. The summed E-state index contributed by atoms with van der Waals surface area (Å²) in [7, 11) is 0. The predicted octanol–water partition coefficient (Wildman–Crippen LogP) is 3.97. The Morgan fingerprint density at radius 2 is 1.53 bits per heavy atom. The second kappa shape index (κ2) is 10.4. The van der Waals surface area contributed by atoms with E-state index in [-0.39, 0.29) is 23.2 Å². The zero-order valence-corrected chi connectivity index (χ0v) is 20.2. The Balaban J connectivity index is 1.47. The van der Waals surface area contributed by atoms with Gasteiger partial charge < -0.3 is 16.0 Å². The summed E-state index contributed by atoms with van der Waals surface area (Å²) in [4.78, 5) is 52.8. The fourth-order valence-corrected chi connectivity index (χ4v) is 4.35. The summed E-state index contributed by atoms with van der Waals surface area (Å²) in [6, 6.07) is 24.2. The highest BCUT2D eigenvalue weighted by Crippen LogP contribution is 2.32. The van der Waals surface area contributed by atoms with Crippen LogP contribution in [0.3, 0.4) is 0 Å². The second-order valence-electron chi connectivity index (χ2n) is 8.65. The van der Waals surface area contributed by atoms with Crippen LogP contribution in [0.15, 0.2) is 84.9 Å². The third-order valence-electron chi connectivity index (χ3n) is 6.37. The van der Waals surface area contributed by atoms with Crippen LogP contribution in [-0.2, 0) is 15.1 Å². The van der Waals surface area contributed by atoms with Crippen molar-refractivity contribution < 1.29 is 19.2 Å². The third-order valence-corrected chi connectivity index (χ3v) is 6.37. The fraction of sp³-hybridized carbons (Fsp3) is 0.214. The van der Waals surface area contributed by atoms with Crippen molar-refractivity contribution in [1.29, 1.82) is 0 Å². The van der Waals surface area contributed by atoms with Crippen molar-refractivity contribution in [3.63, 3.8) is 0 Å². The number of rotatable bonds is 8. The molecule has 184 valence electrons. The molecular formula is C28H28N4O4. The van der Waals surface area contributed by atoms with Crippen LogP contribution in [0.5, 0.6) is 0 Å². The Labute approximate surface area is 209 Å². The number of benzene rings is 3. The Bertz CT molecular complexity index is 1280. The van der Waals surface area contributed by atoms with Crippen LogP contribution in [-0.4, -0.2) is 35.2 Å². The summed E-state index contributed by atoms with van der Waals surface area (Å²) in [6.45, 7) is 3.20. The maximum absolute atomic E-state index is 13.3.